The second-order valence-corrected chi connectivity index (χ2v) is 7.10. The molecule has 2 N–H and O–H groups in total. The Morgan fingerprint density at radius 2 is 1.93 bits per heavy atom. The first-order valence-corrected chi connectivity index (χ1v) is 9.16. The standard InChI is InChI=1S/C19H28FN3O2.2ClH/c1-25-18-6-5-14(11-17(18)20)13-22-7-9-23(10-8-22)19(24)16-4-2-3-15(16)12-21;;/h5-6,11,15-16H,2-4,7-10,12-13,21H2,1H3;2*1H/t15-,16-;;/m1../s1. The van der Waals surface area contributed by atoms with Gasteiger partial charge in [-0.3, -0.25) is 9.69 Å². The van der Waals surface area contributed by atoms with E-state index in [4.69, 9.17) is 10.5 Å². The fourth-order valence-corrected chi connectivity index (χ4v) is 4.07. The van der Waals surface area contributed by atoms with Crippen molar-refractivity contribution in [3.8, 4) is 5.75 Å². The summed E-state index contributed by atoms with van der Waals surface area (Å²) < 4.78 is 18.8. The van der Waals surface area contributed by atoms with Crippen molar-refractivity contribution >= 4 is 30.7 Å². The van der Waals surface area contributed by atoms with Crippen molar-refractivity contribution < 1.29 is 13.9 Å². The number of nitrogens with two attached hydrogens (primary N) is 1. The zero-order chi connectivity index (χ0) is 17.8. The van der Waals surface area contributed by atoms with Gasteiger partial charge in [-0.1, -0.05) is 12.5 Å². The number of benzene rings is 1. The molecule has 0 unspecified atom stereocenters. The van der Waals surface area contributed by atoms with E-state index in [0.717, 1.165) is 51.0 Å². The zero-order valence-corrected chi connectivity index (χ0v) is 17.4. The molecule has 1 aromatic carbocycles. The molecule has 8 heteroatoms. The van der Waals surface area contributed by atoms with Crippen molar-refractivity contribution in [3.63, 3.8) is 0 Å². The molecule has 2 aliphatic rings. The second-order valence-electron chi connectivity index (χ2n) is 7.10. The maximum atomic E-state index is 13.8. The predicted octanol–water partition coefficient (Wildman–Crippen LogP) is 2.70. The highest BCUT2D eigenvalue weighted by Gasteiger charge is 2.35. The van der Waals surface area contributed by atoms with Crippen molar-refractivity contribution in [3.05, 3.63) is 29.6 Å². The van der Waals surface area contributed by atoms with Crippen molar-refractivity contribution in [2.75, 3.05) is 39.8 Å². The van der Waals surface area contributed by atoms with Crippen LogP contribution in [0, 0.1) is 17.7 Å². The zero-order valence-electron chi connectivity index (χ0n) is 15.7. The Labute approximate surface area is 173 Å². The number of nitrogens with zero attached hydrogens (tertiary/aromatic N) is 2. The quantitative estimate of drug-likeness (QED) is 0.793. The molecule has 0 bridgehead atoms. The minimum atomic E-state index is -0.331. The minimum Gasteiger partial charge on any atom is -0.494 e. The van der Waals surface area contributed by atoms with E-state index < -0.39 is 0 Å². The van der Waals surface area contributed by atoms with Crippen LogP contribution in [0.15, 0.2) is 18.2 Å². The highest BCUT2D eigenvalue weighted by atomic mass is 35.5. The summed E-state index contributed by atoms with van der Waals surface area (Å²) in [4.78, 5) is 17.0. The molecule has 1 aromatic rings. The lowest BCUT2D eigenvalue weighted by molar-refractivity contribution is -0.138. The Balaban J connectivity index is 0.00000182. The number of halogens is 3. The van der Waals surface area contributed by atoms with Crippen LogP contribution in [0.3, 0.4) is 0 Å². The molecule has 2 fully saturated rings. The summed E-state index contributed by atoms with van der Waals surface area (Å²) in [5, 5.41) is 0. The van der Waals surface area contributed by atoms with Gasteiger partial charge in [0.05, 0.1) is 7.11 Å². The number of ether oxygens (including phenoxy) is 1. The first-order chi connectivity index (χ1) is 12.1. The van der Waals surface area contributed by atoms with E-state index in [-0.39, 0.29) is 48.2 Å². The van der Waals surface area contributed by atoms with Gasteiger partial charge in [-0.15, -0.1) is 24.8 Å². The van der Waals surface area contributed by atoms with Gasteiger partial charge in [-0.25, -0.2) is 4.39 Å². The first kappa shape index (κ1) is 24.0. The lowest BCUT2D eigenvalue weighted by Gasteiger charge is -2.36. The van der Waals surface area contributed by atoms with Gasteiger partial charge in [0.2, 0.25) is 5.91 Å². The van der Waals surface area contributed by atoms with Crippen LogP contribution < -0.4 is 10.5 Å². The molecule has 1 aliphatic heterocycles. The van der Waals surface area contributed by atoms with Gasteiger partial charge in [0, 0.05) is 38.6 Å². The minimum absolute atomic E-state index is 0. The maximum absolute atomic E-state index is 13.8. The fourth-order valence-electron chi connectivity index (χ4n) is 4.07. The van der Waals surface area contributed by atoms with Crippen molar-refractivity contribution in [1.82, 2.24) is 9.80 Å². The van der Waals surface area contributed by atoms with Gasteiger partial charge in [-0.2, -0.15) is 0 Å². The Bertz CT molecular complexity index is 613. The number of hydrogen-bond acceptors (Lipinski definition) is 4. The summed E-state index contributed by atoms with van der Waals surface area (Å²) in [6.45, 7) is 4.42. The van der Waals surface area contributed by atoms with Crippen LogP contribution in [-0.2, 0) is 11.3 Å². The number of methoxy groups -OCH3 is 1. The molecule has 1 heterocycles. The van der Waals surface area contributed by atoms with Crippen LogP contribution in [0.5, 0.6) is 5.75 Å². The molecule has 2 atom stereocenters. The Hall–Kier alpha value is -1.08. The van der Waals surface area contributed by atoms with Crippen LogP contribution in [0.2, 0.25) is 0 Å². The average molecular weight is 422 g/mol. The second kappa shape index (κ2) is 11.1. The van der Waals surface area contributed by atoms with E-state index in [1.165, 1.54) is 13.2 Å². The molecule has 0 radical (unpaired) electrons. The molecular weight excluding hydrogens is 392 g/mol. The third-order valence-electron chi connectivity index (χ3n) is 5.59. The van der Waals surface area contributed by atoms with Gasteiger partial charge in [-0.05, 0) is 43.0 Å². The molecule has 154 valence electrons. The van der Waals surface area contributed by atoms with E-state index in [0.29, 0.717) is 19.0 Å². The summed E-state index contributed by atoms with van der Waals surface area (Å²) in [6.07, 6.45) is 3.17. The lowest BCUT2D eigenvalue weighted by Crippen LogP contribution is -2.50. The van der Waals surface area contributed by atoms with Crippen molar-refractivity contribution in [2.45, 2.75) is 25.8 Å². The van der Waals surface area contributed by atoms with Crippen molar-refractivity contribution in [1.29, 1.82) is 0 Å². The largest absolute Gasteiger partial charge is 0.494 e. The molecule has 27 heavy (non-hydrogen) atoms. The van der Waals surface area contributed by atoms with Crippen LogP contribution >= 0.6 is 24.8 Å². The molecular formula is C19H30Cl2FN3O2. The Kier molecular flexibility index (Phi) is 9.81. The third-order valence-corrected chi connectivity index (χ3v) is 5.59. The Morgan fingerprint density at radius 3 is 2.52 bits per heavy atom. The van der Waals surface area contributed by atoms with Crippen LogP contribution in [0.25, 0.3) is 0 Å². The maximum Gasteiger partial charge on any atom is 0.226 e. The predicted molar refractivity (Wildman–Crippen MR) is 109 cm³/mol. The van der Waals surface area contributed by atoms with Gasteiger partial charge in [0.25, 0.3) is 0 Å². The van der Waals surface area contributed by atoms with Gasteiger partial charge in [0.1, 0.15) is 0 Å². The highest BCUT2D eigenvalue weighted by molar-refractivity contribution is 5.85. The summed E-state index contributed by atoms with van der Waals surface area (Å²) in [6, 6.07) is 5.09. The first-order valence-electron chi connectivity index (χ1n) is 9.16. The highest BCUT2D eigenvalue weighted by Crippen LogP contribution is 2.32. The van der Waals surface area contributed by atoms with E-state index >= 15 is 0 Å². The molecule has 0 spiro atoms. The van der Waals surface area contributed by atoms with Crippen LogP contribution in [0.4, 0.5) is 4.39 Å². The molecule has 1 saturated carbocycles. The van der Waals surface area contributed by atoms with E-state index in [1.807, 2.05) is 11.0 Å². The molecule has 3 rings (SSSR count). The number of amides is 1. The normalized spacial score (nSPS) is 22.7. The number of carbonyl (C=O) groups is 1. The summed E-state index contributed by atoms with van der Waals surface area (Å²) in [5.74, 6) is 0.691. The summed E-state index contributed by atoms with van der Waals surface area (Å²) in [5.41, 5.74) is 6.74. The fraction of sp³-hybridized carbons (Fsp3) is 0.632. The number of carbonyl (C=O) groups excluding carboxylic acids is 1. The molecule has 0 aromatic heterocycles. The molecule has 5 nitrogen and oxygen atoms in total. The van der Waals surface area contributed by atoms with E-state index in [9.17, 15) is 9.18 Å². The Morgan fingerprint density at radius 1 is 1.22 bits per heavy atom. The number of rotatable bonds is 5. The van der Waals surface area contributed by atoms with Gasteiger partial charge in [0.15, 0.2) is 11.6 Å². The average Bonchev–Trinajstić information content (AvgIpc) is 3.11. The van der Waals surface area contributed by atoms with Crippen LogP contribution in [-0.4, -0.2) is 55.5 Å². The number of piperazine rings is 1. The lowest BCUT2D eigenvalue weighted by atomic mass is 9.94. The number of hydrogen-bond donors (Lipinski definition) is 1. The summed E-state index contributed by atoms with van der Waals surface area (Å²) in [7, 11) is 1.47. The SMILES string of the molecule is COc1ccc(CN2CCN(C(=O)[C@@H]3CCC[C@@H]3CN)CC2)cc1F.Cl.Cl. The van der Waals surface area contributed by atoms with E-state index in [2.05, 4.69) is 4.90 Å². The van der Waals surface area contributed by atoms with Gasteiger partial charge >= 0.3 is 0 Å². The third kappa shape index (κ3) is 5.70. The molecule has 1 amide bonds. The molecule has 1 saturated heterocycles. The monoisotopic (exact) mass is 421 g/mol. The van der Waals surface area contributed by atoms with E-state index in [1.54, 1.807) is 6.07 Å². The molecule has 1 aliphatic carbocycles. The summed E-state index contributed by atoms with van der Waals surface area (Å²) >= 11 is 0. The topological polar surface area (TPSA) is 58.8 Å². The van der Waals surface area contributed by atoms with Crippen molar-refractivity contribution in [2.24, 2.45) is 17.6 Å². The van der Waals surface area contributed by atoms with Gasteiger partial charge < -0.3 is 15.4 Å². The van der Waals surface area contributed by atoms with Crippen LogP contribution in [0.1, 0.15) is 24.8 Å². The smallest absolute Gasteiger partial charge is 0.226 e.